The molecule has 1 fully saturated rings. The third kappa shape index (κ3) is 3.25. The Morgan fingerprint density at radius 2 is 1.81 bits per heavy atom. The molecule has 1 aliphatic carbocycles. The van der Waals surface area contributed by atoms with Crippen LogP contribution in [-0.4, -0.2) is 6.04 Å². The third-order valence-corrected chi connectivity index (χ3v) is 4.41. The van der Waals surface area contributed by atoms with Gasteiger partial charge in [0.15, 0.2) is 11.6 Å². The molecule has 4 heteroatoms. The van der Waals surface area contributed by atoms with Crippen molar-refractivity contribution >= 4 is 11.6 Å². The van der Waals surface area contributed by atoms with Crippen molar-refractivity contribution in [3.8, 4) is 0 Å². The van der Waals surface area contributed by atoms with E-state index in [1.54, 1.807) is 6.07 Å². The predicted molar refractivity (Wildman–Crippen MR) is 80.4 cm³/mol. The summed E-state index contributed by atoms with van der Waals surface area (Å²) in [6.45, 7) is 0.553. The number of nitrogens with one attached hydrogen (secondary N) is 1. The maximum absolute atomic E-state index is 13.1. The molecule has 0 unspecified atom stereocenters. The molecule has 0 atom stereocenters. The smallest absolute Gasteiger partial charge is 0.159 e. The lowest BCUT2D eigenvalue weighted by Crippen LogP contribution is -2.39. The number of benzene rings is 2. The van der Waals surface area contributed by atoms with Crippen molar-refractivity contribution in [2.45, 2.75) is 31.3 Å². The van der Waals surface area contributed by atoms with Crippen LogP contribution >= 0.6 is 11.6 Å². The Morgan fingerprint density at radius 3 is 2.52 bits per heavy atom. The Morgan fingerprint density at radius 1 is 1.05 bits per heavy atom. The Balaban J connectivity index is 1.51. The van der Waals surface area contributed by atoms with Gasteiger partial charge in [-0.15, -0.1) is 0 Å². The summed E-state index contributed by atoms with van der Waals surface area (Å²) in [6.07, 6.45) is 2.04. The van der Waals surface area contributed by atoms with Gasteiger partial charge in [0.05, 0.1) is 0 Å². The zero-order valence-corrected chi connectivity index (χ0v) is 12.2. The van der Waals surface area contributed by atoms with Gasteiger partial charge in [0.25, 0.3) is 0 Å². The molecule has 2 aromatic carbocycles. The lowest BCUT2D eigenvalue weighted by molar-refractivity contribution is 0.289. The van der Waals surface area contributed by atoms with E-state index in [2.05, 4.69) is 11.4 Å². The number of hydrogen-bond donors (Lipinski definition) is 1. The molecule has 0 aromatic heterocycles. The Labute approximate surface area is 127 Å². The van der Waals surface area contributed by atoms with Gasteiger partial charge in [-0.05, 0) is 48.1 Å². The molecule has 0 radical (unpaired) electrons. The fourth-order valence-corrected chi connectivity index (χ4v) is 3.05. The van der Waals surface area contributed by atoms with Crippen LogP contribution in [0, 0.1) is 11.6 Å². The predicted octanol–water partition coefficient (Wildman–Crippen LogP) is 4.65. The average molecular weight is 308 g/mol. The van der Waals surface area contributed by atoms with Gasteiger partial charge in [-0.2, -0.15) is 0 Å². The molecular weight excluding hydrogens is 292 g/mol. The molecule has 2 aromatic rings. The summed E-state index contributed by atoms with van der Waals surface area (Å²) >= 11 is 6.19. The van der Waals surface area contributed by atoms with E-state index in [0.717, 1.165) is 23.4 Å². The largest absolute Gasteiger partial charge is 0.310 e. The van der Waals surface area contributed by atoms with Crippen molar-refractivity contribution in [2.24, 2.45) is 0 Å². The molecule has 3 rings (SSSR count). The van der Waals surface area contributed by atoms with Crippen LogP contribution in [0.15, 0.2) is 42.5 Å². The van der Waals surface area contributed by atoms with Crippen LogP contribution in [0.25, 0.3) is 0 Å². The lowest BCUT2D eigenvalue weighted by Gasteiger charge is -2.37. The molecule has 0 bridgehead atoms. The van der Waals surface area contributed by atoms with E-state index >= 15 is 0 Å². The minimum absolute atomic E-state index is 0.402. The average Bonchev–Trinajstić information content (AvgIpc) is 2.43. The molecule has 1 aliphatic rings. The zero-order valence-electron chi connectivity index (χ0n) is 11.5. The second-order valence-electron chi connectivity index (χ2n) is 5.52. The fraction of sp³-hybridized carbons (Fsp3) is 0.294. The van der Waals surface area contributed by atoms with E-state index in [4.69, 9.17) is 11.6 Å². The first-order chi connectivity index (χ1) is 10.1. The summed E-state index contributed by atoms with van der Waals surface area (Å²) in [5.41, 5.74) is 1.96. The minimum atomic E-state index is -0.804. The zero-order chi connectivity index (χ0) is 14.8. The van der Waals surface area contributed by atoms with Crippen LogP contribution in [0.3, 0.4) is 0 Å². The standard InChI is InChI=1S/C17H16ClF2N/c18-15-4-2-1-3-14(15)12-8-13(9-12)21-10-11-5-6-16(19)17(20)7-11/h1-7,12-13,21H,8-10H2. The third-order valence-electron chi connectivity index (χ3n) is 4.06. The molecule has 1 N–H and O–H groups in total. The van der Waals surface area contributed by atoms with Crippen molar-refractivity contribution in [3.63, 3.8) is 0 Å². The van der Waals surface area contributed by atoms with Crippen LogP contribution in [0.1, 0.15) is 29.9 Å². The highest BCUT2D eigenvalue weighted by atomic mass is 35.5. The van der Waals surface area contributed by atoms with Crippen molar-refractivity contribution in [3.05, 3.63) is 70.2 Å². The molecule has 0 spiro atoms. The number of halogens is 3. The highest BCUT2D eigenvalue weighted by molar-refractivity contribution is 6.31. The Bertz CT molecular complexity index is 638. The first-order valence-electron chi connectivity index (χ1n) is 7.05. The summed E-state index contributed by atoms with van der Waals surface area (Å²) in [6, 6.07) is 12.3. The minimum Gasteiger partial charge on any atom is -0.310 e. The van der Waals surface area contributed by atoms with Crippen LogP contribution in [0.4, 0.5) is 8.78 Å². The molecule has 1 nitrogen and oxygen atoms in total. The maximum atomic E-state index is 13.1. The second-order valence-corrected chi connectivity index (χ2v) is 5.92. The van der Waals surface area contributed by atoms with E-state index < -0.39 is 11.6 Å². The fourth-order valence-electron chi connectivity index (χ4n) is 2.76. The summed E-state index contributed by atoms with van der Waals surface area (Å²) in [5, 5.41) is 4.19. The lowest BCUT2D eigenvalue weighted by atomic mass is 9.76. The van der Waals surface area contributed by atoms with Crippen molar-refractivity contribution in [1.29, 1.82) is 0 Å². The van der Waals surface area contributed by atoms with E-state index in [9.17, 15) is 8.78 Å². The van der Waals surface area contributed by atoms with E-state index in [-0.39, 0.29) is 0 Å². The van der Waals surface area contributed by atoms with Gasteiger partial charge < -0.3 is 5.32 Å². The highest BCUT2D eigenvalue weighted by Crippen LogP contribution is 2.39. The van der Waals surface area contributed by atoms with Gasteiger partial charge >= 0.3 is 0 Å². The Hall–Kier alpha value is -1.45. The molecule has 0 saturated heterocycles. The summed E-state index contributed by atoms with van der Waals surface area (Å²) < 4.78 is 26.0. The Kier molecular flexibility index (Phi) is 4.22. The monoisotopic (exact) mass is 307 g/mol. The van der Waals surface area contributed by atoms with Crippen LogP contribution in [0.5, 0.6) is 0 Å². The highest BCUT2D eigenvalue weighted by Gasteiger charge is 2.30. The van der Waals surface area contributed by atoms with Gasteiger partial charge in [0, 0.05) is 17.6 Å². The van der Waals surface area contributed by atoms with E-state index in [1.807, 2.05) is 18.2 Å². The molecule has 110 valence electrons. The van der Waals surface area contributed by atoms with Gasteiger partial charge in [-0.1, -0.05) is 35.9 Å². The first-order valence-corrected chi connectivity index (χ1v) is 7.43. The summed E-state index contributed by atoms with van der Waals surface area (Å²) in [7, 11) is 0. The van der Waals surface area contributed by atoms with Crippen LogP contribution in [0.2, 0.25) is 5.02 Å². The van der Waals surface area contributed by atoms with E-state index in [0.29, 0.717) is 18.5 Å². The van der Waals surface area contributed by atoms with Crippen LogP contribution in [-0.2, 0) is 6.54 Å². The summed E-state index contributed by atoms with van der Waals surface area (Å²) in [4.78, 5) is 0. The molecular formula is C17H16ClF2N. The molecule has 0 amide bonds. The van der Waals surface area contributed by atoms with Crippen molar-refractivity contribution in [1.82, 2.24) is 5.32 Å². The molecule has 1 saturated carbocycles. The first kappa shape index (κ1) is 14.5. The molecule has 21 heavy (non-hydrogen) atoms. The molecule has 0 heterocycles. The number of hydrogen-bond acceptors (Lipinski definition) is 1. The summed E-state index contributed by atoms with van der Waals surface area (Å²) in [5.74, 6) is -1.11. The second kappa shape index (κ2) is 6.12. The van der Waals surface area contributed by atoms with Crippen molar-refractivity contribution < 1.29 is 8.78 Å². The maximum Gasteiger partial charge on any atom is 0.159 e. The van der Waals surface area contributed by atoms with Crippen molar-refractivity contribution in [2.75, 3.05) is 0 Å². The van der Waals surface area contributed by atoms with Gasteiger partial charge in [-0.25, -0.2) is 8.78 Å². The van der Waals surface area contributed by atoms with Crippen LogP contribution < -0.4 is 5.32 Å². The number of rotatable bonds is 4. The quantitative estimate of drug-likeness (QED) is 0.866. The normalized spacial score (nSPS) is 21.1. The SMILES string of the molecule is Fc1ccc(CNC2CC(c3ccccc3Cl)C2)cc1F. The molecule has 0 aliphatic heterocycles. The van der Waals surface area contributed by atoms with Gasteiger partial charge in [-0.3, -0.25) is 0 Å². The topological polar surface area (TPSA) is 12.0 Å². The van der Waals surface area contributed by atoms with Gasteiger partial charge in [0.2, 0.25) is 0 Å². The van der Waals surface area contributed by atoms with Gasteiger partial charge in [0.1, 0.15) is 0 Å². The van der Waals surface area contributed by atoms with E-state index in [1.165, 1.54) is 17.7 Å².